The SMILES string of the molecule is O=C(Nc1n[nH]c(C(=O)NC[C@H](O)C(=O)O)n1)OCC1c2ccccc2-c2ccccc21. The number of ether oxygens (including phenoxy) is 1. The van der Waals surface area contributed by atoms with Crippen LogP contribution in [-0.2, 0) is 9.53 Å². The van der Waals surface area contributed by atoms with E-state index in [0.717, 1.165) is 22.3 Å². The second-order valence-electron chi connectivity index (χ2n) is 7.02. The van der Waals surface area contributed by atoms with E-state index in [0.29, 0.717) is 0 Å². The molecule has 0 radical (unpaired) electrons. The average molecular weight is 437 g/mol. The maximum atomic E-state index is 12.2. The molecule has 3 aromatic rings. The third kappa shape index (κ3) is 4.27. The predicted molar refractivity (Wildman–Crippen MR) is 111 cm³/mol. The zero-order valence-corrected chi connectivity index (χ0v) is 16.6. The summed E-state index contributed by atoms with van der Waals surface area (Å²) in [6, 6.07) is 15.9. The number of aliphatic hydroxyl groups is 1. The summed E-state index contributed by atoms with van der Waals surface area (Å²) < 4.78 is 5.38. The van der Waals surface area contributed by atoms with Gasteiger partial charge in [0.15, 0.2) is 6.10 Å². The van der Waals surface area contributed by atoms with Gasteiger partial charge in [-0.05, 0) is 22.3 Å². The quantitative estimate of drug-likeness (QED) is 0.369. The molecule has 0 bridgehead atoms. The number of aliphatic carboxylic acids is 1. The lowest BCUT2D eigenvalue weighted by Crippen LogP contribution is -2.36. The van der Waals surface area contributed by atoms with Crippen molar-refractivity contribution < 1.29 is 29.3 Å². The van der Waals surface area contributed by atoms with Crippen LogP contribution in [0.1, 0.15) is 27.7 Å². The Hall–Kier alpha value is -4.25. The van der Waals surface area contributed by atoms with Crippen LogP contribution >= 0.6 is 0 Å². The summed E-state index contributed by atoms with van der Waals surface area (Å²) in [4.78, 5) is 38.5. The van der Waals surface area contributed by atoms with E-state index in [9.17, 15) is 19.5 Å². The van der Waals surface area contributed by atoms with E-state index in [1.165, 1.54) is 0 Å². The largest absolute Gasteiger partial charge is 0.479 e. The number of fused-ring (bicyclic) bond motifs is 3. The summed E-state index contributed by atoms with van der Waals surface area (Å²) in [5.74, 6) is -2.83. The summed E-state index contributed by atoms with van der Waals surface area (Å²) >= 11 is 0. The Morgan fingerprint density at radius 3 is 2.31 bits per heavy atom. The van der Waals surface area contributed by atoms with Gasteiger partial charge in [0.2, 0.25) is 5.82 Å². The van der Waals surface area contributed by atoms with Gasteiger partial charge in [-0.15, -0.1) is 5.10 Å². The molecule has 0 fully saturated rings. The number of nitrogens with zero attached hydrogens (tertiary/aromatic N) is 2. The number of carbonyl (C=O) groups is 3. The first-order chi connectivity index (χ1) is 15.4. The number of anilines is 1. The molecule has 2 amide bonds. The van der Waals surface area contributed by atoms with Gasteiger partial charge in [-0.2, -0.15) is 4.98 Å². The van der Waals surface area contributed by atoms with Crippen molar-refractivity contribution in [2.45, 2.75) is 12.0 Å². The van der Waals surface area contributed by atoms with Gasteiger partial charge in [-0.3, -0.25) is 15.2 Å². The Balaban J connectivity index is 1.34. The van der Waals surface area contributed by atoms with Gasteiger partial charge in [-0.1, -0.05) is 48.5 Å². The van der Waals surface area contributed by atoms with Crippen LogP contribution in [0.25, 0.3) is 11.1 Å². The Kier molecular flexibility index (Phi) is 5.81. The minimum atomic E-state index is -1.75. The van der Waals surface area contributed by atoms with Crippen LogP contribution in [0.4, 0.5) is 10.7 Å². The van der Waals surface area contributed by atoms with E-state index in [1.54, 1.807) is 0 Å². The molecule has 1 heterocycles. The van der Waals surface area contributed by atoms with Crippen LogP contribution in [-0.4, -0.2) is 62.6 Å². The maximum absolute atomic E-state index is 12.2. The van der Waals surface area contributed by atoms with Gasteiger partial charge >= 0.3 is 12.1 Å². The lowest BCUT2D eigenvalue weighted by molar-refractivity contribution is -0.146. The van der Waals surface area contributed by atoms with Gasteiger partial charge in [0.05, 0.1) is 6.54 Å². The van der Waals surface area contributed by atoms with Gasteiger partial charge in [-0.25, -0.2) is 9.59 Å². The molecule has 0 saturated heterocycles. The fraction of sp³-hybridized carbons (Fsp3) is 0.190. The molecule has 2 aromatic carbocycles. The normalized spacial score (nSPS) is 13.0. The molecular formula is C21H19N5O6. The number of carboxylic acid groups (broad SMARTS) is 1. The molecule has 1 atom stereocenters. The number of H-pyrrole nitrogens is 1. The van der Waals surface area contributed by atoms with E-state index in [1.807, 2.05) is 48.5 Å². The van der Waals surface area contributed by atoms with Crippen molar-refractivity contribution in [1.29, 1.82) is 0 Å². The van der Waals surface area contributed by atoms with E-state index in [-0.39, 0.29) is 24.3 Å². The van der Waals surface area contributed by atoms with Crippen LogP contribution < -0.4 is 10.6 Å². The van der Waals surface area contributed by atoms with Crippen molar-refractivity contribution in [2.24, 2.45) is 0 Å². The summed E-state index contributed by atoms with van der Waals surface area (Å²) in [5, 5.41) is 28.3. The van der Waals surface area contributed by atoms with Crippen molar-refractivity contribution in [3.63, 3.8) is 0 Å². The minimum absolute atomic E-state index is 0.102. The van der Waals surface area contributed by atoms with Gasteiger partial charge in [0.25, 0.3) is 11.9 Å². The second kappa shape index (κ2) is 8.86. The molecule has 1 aromatic heterocycles. The molecule has 1 aliphatic rings. The summed E-state index contributed by atoms with van der Waals surface area (Å²) in [6.45, 7) is -0.408. The van der Waals surface area contributed by atoms with Crippen LogP contribution in [0.5, 0.6) is 0 Å². The number of aromatic amines is 1. The predicted octanol–water partition coefficient (Wildman–Crippen LogP) is 1.34. The molecule has 0 spiro atoms. The highest BCUT2D eigenvalue weighted by Gasteiger charge is 2.29. The lowest BCUT2D eigenvalue weighted by Gasteiger charge is -2.13. The Bertz CT molecular complexity index is 1130. The van der Waals surface area contributed by atoms with E-state index in [2.05, 4.69) is 25.8 Å². The highest BCUT2D eigenvalue weighted by molar-refractivity contribution is 5.91. The van der Waals surface area contributed by atoms with Crippen molar-refractivity contribution in [1.82, 2.24) is 20.5 Å². The summed E-state index contributed by atoms with van der Waals surface area (Å²) in [5.41, 5.74) is 4.35. The molecule has 0 saturated carbocycles. The minimum Gasteiger partial charge on any atom is -0.479 e. The number of benzene rings is 2. The molecule has 32 heavy (non-hydrogen) atoms. The van der Waals surface area contributed by atoms with Crippen molar-refractivity contribution >= 4 is 23.9 Å². The number of aliphatic hydroxyl groups excluding tert-OH is 1. The molecule has 5 N–H and O–H groups in total. The fourth-order valence-corrected chi connectivity index (χ4v) is 3.51. The smallest absolute Gasteiger partial charge is 0.414 e. The lowest BCUT2D eigenvalue weighted by atomic mass is 9.98. The zero-order valence-electron chi connectivity index (χ0n) is 16.6. The van der Waals surface area contributed by atoms with Crippen LogP contribution in [0.15, 0.2) is 48.5 Å². The standard InChI is InChI=1S/C21H19N5O6/c27-16(19(29)30)9-22-18(28)17-23-20(26-25-17)24-21(31)32-10-15-13-7-3-1-5-11(13)12-6-2-4-8-14(12)15/h1-8,15-16,27H,9-10H2,(H,22,28)(H,29,30)(H2,23,24,25,26,31)/t16-/m0/s1. The van der Waals surface area contributed by atoms with Gasteiger partial charge < -0.3 is 20.3 Å². The Morgan fingerprint density at radius 2 is 1.69 bits per heavy atom. The van der Waals surface area contributed by atoms with Crippen molar-refractivity contribution in [2.75, 3.05) is 18.5 Å². The first-order valence-electron chi connectivity index (χ1n) is 9.67. The van der Waals surface area contributed by atoms with Crippen LogP contribution in [0.2, 0.25) is 0 Å². The van der Waals surface area contributed by atoms with Gasteiger partial charge in [0, 0.05) is 5.92 Å². The number of hydrogen-bond donors (Lipinski definition) is 5. The van der Waals surface area contributed by atoms with Crippen LogP contribution in [0.3, 0.4) is 0 Å². The number of aromatic nitrogens is 3. The molecule has 0 unspecified atom stereocenters. The van der Waals surface area contributed by atoms with Gasteiger partial charge in [0.1, 0.15) is 6.61 Å². The molecule has 4 rings (SSSR count). The Labute approximate surface area is 181 Å². The van der Waals surface area contributed by atoms with Crippen molar-refractivity contribution in [3.05, 3.63) is 65.5 Å². The van der Waals surface area contributed by atoms with E-state index < -0.39 is 30.6 Å². The highest BCUT2D eigenvalue weighted by atomic mass is 16.5. The first-order valence-corrected chi connectivity index (χ1v) is 9.67. The number of nitrogens with one attached hydrogen (secondary N) is 3. The highest BCUT2D eigenvalue weighted by Crippen LogP contribution is 2.44. The topological polar surface area (TPSA) is 167 Å². The molecule has 11 heteroatoms. The number of carboxylic acids is 1. The summed E-state index contributed by atoms with van der Waals surface area (Å²) in [7, 11) is 0. The number of rotatable bonds is 7. The Morgan fingerprint density at radius 1 is 1.06 bits per heavy atom. The number of carbonyl (C=O) groups excluding carboxylic acids is 2. The summed E-state index contributed by atoms with van der Waals surface area (Å²) in [6.07, 6.45) is -2.54. The van der Waals surface area contributed by atoms with E-state index >= 15 is 0 Å². The van der Waals surface area contributed by atoms with E-state index in [4.69, 9.17) is 9.84 Å². The maximum Gasteiger partial charge on any atom is 0.414 e. The molecule has 11 nitrogen and oxygen atoms in total. The fourth-order valence-electron chi connectivity index (χ4n) is 3.51. The number of amides is 2. The monoisotopic (exact) mass is 437 g/mol. The third-order valence-corrected chi connectivity index (χ3v) is 5.00. The molecular weight excluding hydrogens is 418 g/mol. The third-order valence-electron chi connectivity index (χ3n) is 5.00. The molecule has 1 aliphatic carbocycles. The first kappa shape index (κ1) is 21.0. The van der Waals surface area contributed by atoms with Crippen LogP contribution in [0, 0.1) is 0 Å². The van der Waals surface area contributed by atoms with Crippen molar-refractivity contribution in [3.8, 4) is 11.1 Å². The second-order valence-corrected chi connectivity index (χ2v) is 7.02. The average Bonchev–Trinajstić information content (AvgIpc) is 3.38. The molecule has 164 valence electrons. The number of hydrogen-bond acceptors (Lipinski definition) is 7. The molecule has 0 aliphatic heterocycles. The zero-order chi connectivity index (χ0) is 22.7.